The minimum atomic E-state index is 0.859. The van der Waals surface area contributed by atoms with Crippen molar-refractivity contribution >= 4 is 0 Å². The average molecular weight is 136 g/mol. The fourth-order valence-corrected chi connectivity index (χ4v) is 1.67. The number of rotatable bonds is 0. The minimum Gasteiger partial charge on any atom is -0.372 e. The summed E-state index contributed by atoms with van der Waals surface area (Å²) in [6.07, 6.45) is 4.76. The molecule has 0 aromatic heterocycles. The van der Waals surface area contributed by atoms with Crippen LogP contribution in [0.3, 0.4) is 0 Å². The Morgan fingerprint density at radius 2 is 2.30 bits per heavy atom. The first kappa shape index (κ1) is 6.17. The highest BCUT2D eigenvalue weighted by Crippen LogP contribution is 2.29. The molecule has 0 amide bonds. The van der Waals surface area contributed by atoms with Gasteiger partial charge in [-0.1, -0.05) is 6.08 Å². The lowest BCUT2D eigenvalue weighted by atomic mass is 9.94. The van der Waals surface area contributed by atoms with Crippen LogP contribution in [0, 0.1) is 0 Å². The molecule has 2 rings (SSSR count). The van der Waals surface area contributed by atoms with Gasteiger partial charge in [0.15, 0.2) is 0 Å². The highest BCUT2D eigenvalue weighted by Gasteiger charge is 2.18. The SMILES string of the molecule is CC1=CCCC2=C1COC2. The standard InChI is InChI=1S/C9H12O/c1-7-3-2-4-8-5-10-6-9(7)8/h3H,2,4-6H2,1H3. The Balaban J connectivity index is 2.33. The Labute approximate surface area is 61.4 Å². The van der Waals surface area contributed by atoms with Gasteiger partial charge in [0.2, 0.25) is 0 Å². The van der Waals surface area contributed by atoms with Crippen LogP contribution in [0.5, 0.6) is 0 Å². The van der Waals surface area contributed by atoms with E-state index in [0.717, 1.165) is 13.2 Å². The summed E-state index contributed by atoms with van der Waals surface area (Å²) < 4.78 is 5.35. The fourth-order valence-electron chi connectivity index (χ4n) is 1.67. The van der Waals surface area contributed by atoms with E-state index in [1.165, 1.54) is 24.0 Å². The molecule has 0 radical (unpaired) electrons. The molecule has 1 aliphatic carbocycles. The number of hydrogen-bond donors (Lipinski definition) is 0. The van der Waals surface area contributed by atoms with Crippen molar-refractivity contribution in [3.8, 4) is 0 Å². The molecule has 0 aromatic rings. The van der Waals surface area contributed by atoms with Crippen molar-refractivity contribution in [2.45, 2.75) is 19.8 Å². The average Bonchev–Trinajstić information content (AvgIpc) is 2.36. The smallest absolute Gasteiger partial charge is 0.0724 e. The molecule has 0 fully saturated rings. The molecule has 1 heteroatoms. The Morgan fingerprint density at radius 3 is 3.10 bits per heavy atom. The van der Waals surface area contributed by atoms with Gasteiger partial charge < -0.3 is 4.74 Å². The van der Waals surface area contributed by atoms with Gasteiger partial charge in [-0.15, -0.1) is 0 Å². The van der Waals surface area contributed by atoms with E-state index in [9.17, 15) is 0 Å². The Kier molecular flexibility index (Phi) is 1.38. The molecular formula is C9H12O. The second kappa shape index (κ2) is 2.24. The van der Waals surface area contributed by atoms with Crippen LogP contribution in [-0.4, -0.2) is 13.2 Å². The van der Waals surface area contributed by atoms with E-state index < -0.39 is 0 Å². The zero-order valence-electron chi connectivity index (χ0n) is 6.31. The number of ether oxygens (including phenoxy) is 1. The first-order chi connectivity index (χ1) is 4.88. The molecule has 0 aromatic carbocycles. The quantitative estimate of drug-likeness (QED) is 0.495. The summed E-state index contributed by atoms with van der Waals surface area (Å²) in [7, 11) is 0. The molecule has 0 bridgehead atoms. The fraction of sp³-hybridized carbons (Fsp3) is 0.556. The number of allylic oxidation sites excluding steroid dienone is 1. The molecule has 1 nitrogen and oxygen atoms in total. The lowest BCUT2D eigenvalue weighted by Gasteiger charge is -2.10. The van der Waals surface area contributed by atoms with Crippen molar-refractivity contribution in [3.63, 3.8) is 0 Å². The largest absolute Gasteiger partial charge is 0.372 e. The minimum absolute atomic E-state index is 0.859. The van der Waals surface area contributed by atoms with Crippen molar-refractivity contribution in [3.05, 3.63) is 22.8 Å². The topological polar surface area (TPSA) is 9.23 Å². The normalized spacial score (nSPS) is 24.7. The lowest BCUT2D eigenvalue weighted by Crippen LogP contribution is -1.96. The van der Waals surface area contributed by atoms with Crippen LogP contribution in [-0.2, 0) is 4.74 Å². The van der Waals surface area contributed by atoms with Gasteiger partial charge in [0.1, 0.15) is 0 Å². The van der Waals surface area contributed by atoms with Crippen molar-refractivity contribution in [1.29, 1.82) is 0 Å². The van der Waals surface area contributed by atoms with Gasteiger partial charge in [-0.05, 0) is 36.5 Å². The summed E-state index contributed by atoms with van der Waals surface area (Å²) in [4.78, 5) is 0. The predicted octanol–water partition coefficient (Wildman–Crippen LogP) is 2.05. The van der Waals surface area contributed by atoms with Crippen molar-refractivity contribution in [2.24, 2.45) is 0 Å². The third-order valence-electron chi connectivity index (χ3n) is 2.32. The van der Waals surface area contributed by atoms with Crippen LogP contribution < -0.4 is 0 Å². The summed E-state index contributed by atoms with van der Waals surface area (Å²) >= 11 is 0. The molecule has 1 aliphatic heterocycles. The summed E-state index contributed by atoms with van der Waals surface area (Å²) in [5.74, 6) is 0. The second-order valence-corrected chi connectivity index (χ2v) is 3.00. The molecule has 0 saturated heterocycles. The lowest BCUT2D eigenvalue weighted by molar-refractivity contribution is 0.204. The second-order valence-electron chi connectivity index (χ2n) is 3.00. The van der Waals surface area contributed by atoms with Crippen molar-refractivity contribution < 1.29 is 4.74 Å². The summed E-state index contributed by atoms with van der Waals surface area (Å²) in [5.41, 5.74) is 4.46. The van der Waals surface area contributed by atoms with E-state index in [4.69, 9.17) is 4.74 Å². The number of hydrogen-bond acceptors (Lipinski definition) is 1. The van der Waals surface area contributed by atoms with Crippen LogP contribution in [0.1, 0.15) is 19.8 Å². The van der Waals surface area contributed by atoms with Gasteiger partial charge in [0.05, 0.1) is 13.2 Å². The first-order valence-corrected chi connectivity index (χ1v) is 3.83. The third-order valence-corrected chi connectivity index (χ3v) is 2.32. The van der Waals surface area contributed by atoms with E-state index in [1.54, 1.807) is 5.57 Å². The molecule has 0 spiro atoms. The molecule has 0 unspecified atom stereocenters. The van der Waals surface area contributed by atoms with Crippen LogP contribution in [0.15, 0.2) is 22.8 Å². The van der Waals surface area contributed by atoms with Gasteiger partial charge in [0, 0.05) is 0 Å². The molecule has 1 heterocycles. The molecule has 10 heavy (non-hydrogen) atoms. The van der Waals surface area contributed by atoms with Crippen LogP contribution in [0.2, 0.25) is 0 Å². The first-order valence-electron chi connectivity index (χ1n) is 3.83. The Morgan fingerprint density at radius 1 is 1.40 bits per heavy atom. The van der Waals surface area contributed by atoms with Gasteiger partial charge in [-0.25, -0.2) is 0 Å². The Bertz CT molecular complexity index is 211. The van der Waals surface area contributed by atoms with Crippen LogP contribution in [0.4, 0.5) is 0 Å². The van der Waals surface area contributed by atoms with E-state index >= 15 is 0 Å². The maximum atomic E-state index is 5.35. The highest BCUT2D eigenvalue weighted by atomic mass is 16.5. The highest BCUT2D eigenvalue weighted by molar-refractivity contribution is 5.39. The third kappa shape index (κ3) is 0.816. The molecule has 0 atom stereocenters. The van der Waals surface area contributed by atoms with E-state index in [2.05, 4.69) is 13.0 Å². The summed E-state index contributed by atoms with van der Waals surface area (Å²) in [6.45, 7) is 3.93. The van der Waals surface area contributed by atoms with Crippen molar-refractivity contribution in [2.75, 3.05) is 13.2 Å². The monoisotopic (exact) mass is 136 g/mol. The molecule has 2 aliphatic rings. The van der Waals surface area contributed by atoms with E-state index in [0.29, 0.717) is 0 Å². The zero-order chi connectivity index (χ0) is 6.97. The van der Waals surface area contributed by atoms with Gasteiger partial charge >= 0.3 is 0 Å². The summed E-state index contributed by atoms with van der Waals surface area (Å²) in [6, 6.07) is 0. The zero-order valence-corrected chi connectivity index (χ0v) is 6.31. The van der Waals surface area contributed by atoms with E-state index in [1.807, 2.05) is 0 Å². The Hall–Kier alpha value is -0.560. The summed E-state index contributed by atoms with van der Waals surface area (Å²) in [5, 5.41) is 0. The van der Waals surface area contributed by atoms with E-state index in [-0.39, 0.29) is 0 Å². The maximum absolute atomic E-state index is 5.35. The maximum Gasteiger partial charge on any atom is 0.0724 e. The van der Waals surface area contributed by atoms with Gasteiger partial charge in [0.25, 0.3) is 0 Å². The molecular weight excluding hydrogens is 124 g/mol. The predicted molar refractivity (Wildman–Crippen MR) is 40.8 cm³/mol. The molecule has 0 N–H and O–H groups in total. The van der Waals surface area contributed by atoms with Crippen LogP contribution in [0.25, 0.3) is 0 Å². The van der Waals surface area contributed by atoms with Gasteiger partial charge in [-0.3, -0.25) is 0 Å². The van der Waals surface area contributed by atoms with Gasteiger partial charge in [-0.2, -0.15) is 0 Å². The van der Waals surface area contributed by atoms with Crippen molar-refractivity contribution in [1.82, 2.24) is 0 Å². The molecule has 0 saturated carbocycles. The van der Waals surface area contributed by atoms with Crippen LogP contribution >= 0.6 is 0 Å². The molecule has 54 valence electrons.